The number of fused-ring (bicyclic) bond motifs is 1. The number of nitrogens with zero attached hydrogens (tertiary/aromatic N) is 2. The number of piperidine rings is 1. The zero-order valence-corrected chi connectivity index (χ0v) is 9.74. The van der Waals surface area contributed by atoms with Gasteiger partial charge in [-0.1, -0.05) is 6.07 Å². The second kappa shape index (κ2) is 4.12. The molecule has 0 aromatic carbocycles. The Labute approximate surface area is 103 Å². The van der Waals surface area contributed by atoms with Gasteiger partial charge in [-0.3, -0.25) is 0 Å². The van der Waals surface area contributed by atoms with Gasteiger partial charge in [-0.2, -0.15) is 13.2 Å². The van der Waals surface area contributed by atoms with Crippen LogP contribution in [0.25, 0.3) is 0 Å². The number of hydrogen-bond donors (Lipinski definition) is 1. The molecular weight excluding hydrogens is 243 g/mol. The molecule has 3 heterocycles. The van der Waals surface area contributed by atoms with Gasteiger partial charge in [0, 0.05) is 19.1 Å². The number of alkyl halides is 3. The zero-order chi connectivity index (χ0) is 12.8. The Bertz CT molecular complexity index is 446. The highest BCUT2D eigenvalue weighted by Gasteiger charge is 2.41. The van der Waals surface area contributed by atoms with E-state index in [1.165, 1.54) is 6.07 Å². The molecule has 0 amide bonds. The molecular formula is C12H14F3N3. The number of hydrogen-bond acceptors (Lipinski definition) is 3. The SMILES string of the molecule is FC(F)(F)c1cccc(N2C[C@@H]3CCNC[C@@H]32)n1. The van der Waals surface area contributed by atoms with Gasteiger partial charge in [0.05, 0.1) is 0 Å². The Morgan fingerprint density at radius 1 is 1.33 bits per heavy atom. The molecule has 2 aliphatic heterocycles. The lowest BCUT2D eigenvalue weighted by Crippen LogP contribution is -2.64. The Kier molecular flexibility index (Phi) is 2.69. The minimum atomic E-state index is -4.37. The molecule has 18 heavy (non-hydrogen) atoms. The molecule has 0 bridgehead atoms. The fourth-order valence-corrected chi connectivity index (χ4v) is 2.73. The van der Waals surface area contributed by atoms with Crippen LogP contribution in [-0.2, 0) is 6.18 Å². The average molecular weight is 257 g/mol. The van der Waals surface area contributed by atoms with Crippen LogP contribution in [0.5, 0.6) is 0 Å². The molecule has 1 aromatic heterocycles. The molecule has 3 nitrogen and oxygen atoms in total. The fourth-order valence-electron chi connectivity index (χ4n) is 2.73. The Morgan fingerprint density at radius 3 is 2.89 bits per heavy atom. The second-order valence-electron chi connectivity index (χ2n) is 4.85. The van der Waals surface area contributed by atoms with Crippen molar-refractivity contribution in [2.75, 3.05) is 24.5 Å². The summed E-state index contributed by atoms with van der Waals surface area (Å²) in [5, 5.41) is 3.27. The molecule has 1 aromatic rings. The number of aromatic nitrogens is 1. The lowest BCUT2D eigenvalue weighted by molar-refractivity contribution is -0.141. The van der Waals surface area contributed by atoms with Crippen molar-refractivity contribution in [1.82, 2.24) is 10.3 Å². The summed E-state index contributed by atoms with van der Waals surface area (Å²) < 4.78 is 37.8. The highest BCUT2D eigenvalue weighted by atomic mass is 19.4. The van der Waals surface area contributed by atoms with Crippen molar-refractivity contribution in [2.24, 2.45) is 5.92 Å². The first-order valence-electron chi connectivity index (χ1n) is 6.07. The smallest absolute Gasteiger partial charge is 0.352 e. The molecule has 0 aliphatic carbocycles. The van der Waals surface area contributed by atoms with E-state index in [-0.39, 0.29) is 0 Å². The van der Waals surface area contributed by atoms with E-state index in [0.717, 1.165) is 32.1 Å². The zero-order valence-electron chi connectivity index (χ0n) is 9.74. The number of rotatable bonds is 1. The van der Waals surface area contributed by atoms with Gasteiger partial charge < -0.3 is 10.2 Å². The van der Waals surface area contributed by atoms with E-state index in [1.807, 2.05) is 4.90 Å². The third kappa shape index (κ3) is 1.94. The van der Waals surface area contributed by atoms with Crippen molar-refractivity contribution in [3.63, 3.8) is 0 Å². The maximum atomic E-state index is 12.6. The lowest BCUT2D eigenvalue weighted by Gasteiger charge is -2.51. The minimum Gasteiger partial charge on any atom is -0.352 e. The predicted molar refractivity (Wildman–Crippen MR) is 61.3 cm³/mol. The summed E-state index contributed by atoms with van der Waals surface area (Å²) in [6.45, 7) is 2.66. The highest BCUT2D eigenvalue weighted by Crippen LogP contribution is 2.35. The second-order valence-corrected chi connectivity index (χ2v) is 4.85. The van der Waals surface area contributed by atoms with Crippen LogP contribution in [0.4, 0.5) is 19.0 Å². The largest absolute Gasteiger partial charge is 0.433 e. The molecule has 6 heteroatoms. The monoisotopic (exact) mass is 257 g/mol. The molecule has 2 saturated heterocycles. The topological polar surface area (TPSA) is 28.2 Å². The Balaban J connectivity index is 1.81. The standard InChI is InChI=1S/C12H14F3N3/c13-12(14,15)10-2-1-3-11(17-10)18-7-8-4-5-16-6-9(8)18/h1-3,8-9,16H,4-7H2/t8-,9-/m0/s1. The van der Waals surface area contributed by atoms with Crippen LogP contribution in [0, 0.1) is 5.92 Å². The summed E-state index contributed by atoms with van der Waals surface area (Å²) in [4.78, 5) is 5.69. The first kappa shape index (κ1) is 11.8. The van der Waals surface area contributed by atoms with E-state index in [0.29, 0.717) is 17.8 Å². The molecule has 2 atom stereocenters. The van der Waals surface area contributed by atoms with E-state index in [9.17, 15) is 13.2 Å². The van der Waals surface area contributed by atoms with Crippen LogP contribution in [0.2, 0.25) is 0 Å². The third-order valence-electron chi connectivity index (χ3n) is 3.74. The van der Waals surface area contributed by atoms with Crippen LogP contribution in [0.15, 0.2) is 18.2 Å². The summed E-state index contributed by atoms with van der Waals surface area (Å²) in [6, 6.07) is 4.39. The minimum absolute atomic E-state index is 0.301. The molecule has 98 valence electrons. The van der Waals surface area contributed by atoms with E-state index < -0.39 is 11.9 Å². The van der Waals surface area contributed by atoms with Gasteiger partial charge in [0.15, 0.2) is 0 Å². The third-order valence-corrected chi connectivity index (χ3v) is 3.74. The van der Waals surface area contributed by atoms with Gasteiger partial charge in [0.1, 0.15) is 11.5 Å². The van der Waals surface area contributed by atoms with Crippen molar-refractivity contribution < 1.29 is 13.2 Å². The maximum absolute atomic E-state index is 12.6. The molecule has 2 aliphatic rings. The summed E-state index contributed by atoms with van der Waals surface area (Å²) >= 11 is 0. The molecule has 2 fully saturated rings. The molecule has 0 saturated carbocycles. The summed E-state index contributed by atoms with van der Waals surface area (Å²) in [6.07, 6.45) is -3.27. The lowest BCUT2D eigenvalue weighted by atomic mass is 9.83. The maximum Gasteiger partial charge on any atom is 0.433 e. The van der Waals surface area contributed by atoms with Gasteiger partial charge in [0.2, 0.25) is 0 Å². The molecule has 0 spiro atoms. The van der Waals surface area contributed by atoms with Crippen LogP contribution in [0.1, 0.15) is 12.1 Å². The first-order chi connectivity index (χ1) is 8.55. The average Bonchev–Trinajstić information content (AvgIpc) is 2.30. The van der Waals surface area contributed by atoms with Gasteiger partial charge >= 0.3 is 6.18 Å². The number of anilines is 1. The van der Waals surface area contributed by atoms with Crippen LogP contribution < -0.4 is 10.2 Å². The number of halogens is 3. The van der Waals surface area contributed by atoms with Gasteiger partial charge in [-0.05, 0) is 31.0 Å². The normalized spacial score (nSPS) is 27.6. The van der Waals surface area contributed by atoms with Crippen molar-refractivity contribution in [3.05, 3.63) is 23.9 Å². The number of pyridine rings is 1. The van der Waals surface area contributed by atoms with Crippen molar-refractivity contribution in [3.8, 4) is 0 Å². The Morgan fingerprint density at radius 2 is 2.17 bits per heavy atom. The van der Waals surface area contributed by atoms with Crippen LogP contribution in [-0.4, -0.2) is 30.7 Å². The van der Waals surface area contributed by atoms with Crippen molar-refractivity contribution >= 4 is 5.82 Å². The molecule has 0 unspecified atom stereocenters. The van der Waals surface area contributed by atoms with E-state index in [2.05, 4.69) is 10.3 Å². The summed E-state index contributed by atoms with van der Waals surface area (Å²) in [7, 11) is 0. The van der Waals surface area contributed by atoms with E-state index >= 15 is 0 Å². The van der Waals surface area contributed by atoms with Crippen molar-refractivity contribution in [1.29, 1.82) is 0 Å². The predicted octanol–water partition coefficient (Wildman–Crippen LogP) is 1.90. The number of nitrogens with one attached hydrogen (secondary N) is 1. The van der Waals surface area contributed by atoms with E-state index in [1.54, 1.807) is 6.07 Å². The summed E-state index contributed by atoms with van der Waals surface area (Å²) in [5.74, 6) is 1.04. The van der Waals surface area contributed by atoms with Gasteiger partial charge in [-0.15, -0.1) is 0 Å². The highest BCUT2D eigenvalue weighted by molar-refractivity contribution is 5.45. The van der Waals surface area contributed by atoms with Gasteiger partial charge in [0.25, 0.3) is 0 Å². The van der Waals surface area contributed by atoms with Gasteiger partial charge in [-0.25, -0.2) is 4.98 Å². The first-order valence-corrected chi connectivity index (χ1v) is 6.07. The molecule has 1 N–H and O–H groups in total. The quantitative estimate of drug-likeness (QED) is 0.833. The van der Waals surface area contributed by atoms with E-state index in [4.69, 9.17) is 0 Å². The van der Waals surface area contributed by atoms with Crippen LogP contribution >= 0.6 is 0 Å². The van der Waals surface area contributed by atoms with Crippen molar-refractivity contribution in [2.45, 2.75) is 18.6 Å². The Hall–Kier alpha value is -1.30. The van der Waals surface area contributed by atoms with Crippen LogP contribution in [0.3, 0.4) is 0 Å². The fraction of sp³-hybridized carbons (Fsp3) is 0.583. The summed E-state index contributed by atoms with van der Waals surface area (Å²) in [5.41, 5.74) is -0.813. The molecule has 0 radical (unpaired) electrons. The molecule has 3 rings (SSSR count).